The van der Waals surface area contributed by atoms with Gasteiger partial charge in [-0.2, -0.15) is 0 Å². The van der Waals surface area contributed by atoms with Crippen molar-refractivity contribution in [3.63, 3.8) is 0 Å². The minimum absolute atomic E-state index is 0.189. The predicted molar refractivity (Wildman–Crippen MR) is 111 cm³/mol. The molecule has 1 aliphatic rings. The van der Waals surface area contributed by atoms with Crippen molar-refractivity contribution in [2.75, 3.05) is 27.7 Å². The Morgan fingerprint density at radius 1 is 1.23 bits per heavy atom. The summed E-state index contributed by atoms with van der Waals surface area (Å²) in [6, 6.07) is 8.06. The maximum absolute atomic E-state index is 11.8. The highest BCUT2D eigenvalue weighted by Gasteiger charge is 2.38. The second kappa shape index (κ2) is 9.57. The zero-order valence-corrected chi connectivity index (χ0v) is 17.3. The van der Waals surface area contributed by atoms with Gasteiger partial charge in [0.25, 0.3) is 0 Å². The predicted octanol–water partition coefficient (Wildman–Crippen LogP) is 5.00. The van der Waals surface area contributed by atoms with Gasteiger partial charge in [0.2, 0.25) is 0 Å². The molecule has 1 N–H and O–H groups in total. The third kappa shape index (κ3) is 5.59. The van der Waals surface area contributed by atoms with Crippen molar-refractivity contribution in [2.45, 2.75) is 58.0 Å². The molecule has 2 rings (SSSR count). The number of hydrogen-bond acceptors (Lipinski definition) is 3. The lowest BCUT2D eigenvalue weighted by molar-refractivity contribution is -0.0109. The fourth-order valence-corrected chi connectivity index (χ4v) is 4.36. The molecular formula is C23H37NO2. The number of hydrogen-bond donors (Lipinski definition) is 1. The highest BCUT2D eigenvalue weighted by Crippen LogP contribution is 2.39. The molecule has 0 heterocycles. The minimum Gasteiger partial charge on any atom is -0.497 e. The zero-order chi connectivity index (χ0) is 19.2. The van der Waals surface area contributed by atoms with Crippen LogP contribution in [0.4, 0.5) is 0 Å². The molecule has 0 saturated heterocycles. The third-order valence-electron chi connectivity index (χ3n) is 5.96. The van der Waals surface area contributed by atoms with Gasteiger partial charge in [-0.15, -0.1) is 0 Å². The SMILES string of the molecule is COc1ccc(C=C(C)C(O)(CC2CCCCC2)C(C)CN(C)C)cc1. The Labute approximate surface area is 160 Å². The summed E-state index contributed by atoms with van der Waals surface area (Å²) in [4.78, 5) is 2.18. The van der Waals surface area contributed by atoms with E-state index >= 15 is 0 Å². The second-order valence-electron chi connectivity index (χ2n) is 8.40. The van der Waals surface area contributed by atoms with E-state index in [-0.39, 0.29) is 5.92 Å². The first-order valence-electron chi connectivity index (χ1n) is 10.0. The number of aliphatic hydroxyl groups is 1. The molecule has 1 aliphatic carbocycles. The van der Waals surface area contributed by atoms with Crippen LogP contribution in [0.3, 0.4) is 0 Å². The first-order valence-corrected chi connectivity index (χ1v) is 10.0. The molecule has 3 nitrogen and oxygen atoms in total. The Morgan fingerprint density at radius 3 is 2.38 bits per heavy atom. The molecule has 0 amide bonds. The molecule has 1 aromatic rings. The van der Waals surface area contributed by atoms with E-state index in [0.717, 1.165) is 29.9 Å². The van der Waals surface area contributed by atoms with Crippen LogP contribution in [0, 0.1) is 11.8 Å². The summed E-state index contributed by atoms with van der Waals surface area (Å²) in [5.74, 6) is 1.68. The molecule has 1 fully saturated rings. The van der Waals surface area contributed by atoms with Crippen LogP contribution in [0.15, 0.2) is 29.8 Å². The number of benzene rings is 1. The molecule has 0 aromatic heterocycles. The summed E-state index contributed by atoms with van der Waals surface area (Å²) in [5.41, 5.74) is 1.43. The highest BCUT2D eigenvalue weighted by molar-refractivity contribution is 5.55. The summed E-state index contributed by atoms with van der Waals surface area (Å²) < 4.78 is 5.25. The van der Waals surface area contributed by atoms with Gasteiger partial charge in [0.1, 0.15) is 5.75 Å². The van der Waals surface area contributed by atoms with Crippen molar-refractivity contribution in [1.82, 2.24) is 4.90 Å². The standard InChI is InChI=1S/C23H37NO2/c1-18(15-20-11-13-22(26-5)14-12-20)23(25,19(2)17-24(3)4)16-21-9-7-6-8-10-21/h11-15,19,21,25H,6-10,16-17H2,1-5H3. The van der Waals surface area contributed by atoms with Gasteiger partial charge in [-0.3, -0.25) is 0 Å². The van der Waals surface area contributed by atoms with Crippen LogP contribution >= 0.6 is 0 Å². The molecule has 26 heavy (non-hydrogen) atoms. The molecule has 0 spiro atoms. The minimum atomic E-state index is -0.758. The van der Waals surface area contributed by atoms with Crippen LogP contribution in [-0.2, 0) is 0 Å². The van der Waals surface area contributed by atoms with Gasteiger partial charge in [0.15, 0.2) is 0 Å². The number of methoxy groups -OCH3 is 1. The van der Waals surface area contributed by atoms with Gasteiger partial charge in [0, 0.05) is 12.5 Å². The summed E-state index contributed by atoms with van der Waals surface area (Å²) in [6.07, 6.45) is 9.51. The number of rotatable bonds is 8. The van der Waals surface area contributed by atoms with Crippen molar-refractivity contribution in [1.29, 1.82) is 0 Å². The summed E-state index contributed by atoms with van der Waals surface area (Å²) >= 11 is 0. The topological polar surface area (TPSA) is 32.7 Å². The van der Waals surface area contributed by atoms with Crippen molar-refractivity contribution in [2.24, 2.45) is 11.8 Å². The Morgan fingerprint density at radius 2 is 1.85 bits per heavy atom. The lowest BCUT2D eigenvalue weighted by Gasteiger charge is -2.40. The fourth-order valence-electron chi connectivity index (χ4n) is 4.36. The molecule has 2 atom stereocenters. The van der Waals surface area contributed by atoms with Gasteiger partial charge in [-0.1, -0.05) is 57.2 Å². The van der Waals surface area contributed by atoms with Crippen LogP contribution in [0.1, 0.15) is 57.9 Å². The molecule has 2 unspecified atom stereocenters. The Kier molecular flexibility index (Phi) is 7.72. The largest absolute Gasteiger partial charge is 0.497 e. The van der Waals surface area contributed by atoms with Crippen LogP contribution in [0.5, 0.6) is 5.75 Å². The molecule has 0 aliphatic heterocycles. The first-order chi connectivity index (χ1) is 12.3. The van der Waals surface area contributed by atoms with Gasteiger partial charge in [0.05, 0.1) is 12.7 Å². The zero-order valence-electron chi connectivity index (χ0n) is 17.3. The van der Waals surface area contributed by atoms with Gasteiger partial charge < -0.3 is 14.7 Å². The second-order valence-corrected chi connectivity index (χ2v) is 8.40. The molecule has 146 valence electrons. The molecular weight excluding hydrogens is 322 g/mol. The molecule has 1 aromatic carbocycles. The van der Waals surface area contributed by atoms with E-state index in [1.54, 1.807) is 7.11 Å². The van der Waals surface area contributed by atoms with Crippen molar-refractivity contribution in [3.8, 4) is 5.75 Å². The average Bonchev–Trinajstić information content (AvgIpc) is 2.62. The summed E-state index contributed by atoms with van der Waals surface area (Å²) in [5, 5.41) is 11.8. The van der Waals surface area contributed by atoms with Crippen molar-refractivity contribution >= 4 is 6.08 Å². The van der Waals surface area contributed by atoms with Crippen LogP contribution in [0.25, 0.3) is 6.08 Å². The van der Waals surface area contributed by atoms with E-state index in [1.807, 2.05) is 12.1 Å². The van der Waals surface area contributed by atoms with E-state index in [1.165, 1.54) is 32.1 Å². The monoisotopic (exact) mass is 359 g/mol. The van der Waals surface area contributed by atoms with Crippen LogP contribution in [0.2, 0.25) is 0 Å². The smallest absolute Gasteiger partial charge is 0.118 e. The maximum atomic E-state index is 11.8. The normalized spacial score (nSPS) is 20.0. The Bertz CT molecular complexity index is 572. The van der Waals surface area contributed by atoms with Crippen LogP contribution in [-0.4, -0.2) is 43.4 Å². The molecule has 1 saturated carbocycles. The summed E-state index contributed by atoms with van der Waals surface area (Å²) in [6.45, 7) is 5.17. The molecule has 0 bridgehead atoms. The van der Waals surface area contributed by atoms with E-state index in [0.29, 0.717) is 5.92 Å². The van der Waals surface area contributed by atoms with Crippen molar-refractivity contribution in [3.05, 3.63) is 35.4 Å². The lowest BCUT2D eigenvalue weighted by Crippen LogP contribution is -2.44. The van der Waals surface area contributed by atoms with Crippen LogP contribution < -0.4 is 4.74 Å². The maximum Gasteiger partial charge on any atom is 0.118 e. The van der Waals surface area contributed by atoms with Gasteiger partial charge in [-0.25, -0.2) is 0 Å². The molecule has 3 heteroatoms. The van der Waals surface area contributed by atoms with E-state index in [9.17, 15) is 5.11 Å². The highest BCUT2D eigenvalue weighted by atomic mass is 16.5. The molecule has 0 radical (unpaired) electrons. The number of nitrogens with zero attached hydrogens (tertiary/aromatic N) is 1. The fraction of sp³-hybridized carbons (Fsp3) is 0.652. The summed E-state index contributed by atoms with van der Waals surface area (Å²) in [7, 11) is 5.85. The van der Waals surface area contributed by atoms with E-state index < -0.39 is 5.60 Å². The Balaban J connectivity index is 2.25. The first kappa shape index (κ1) is 21.0. The van der Waals surface area contributed by atoms with E-state index in [2.05, 4.69) is 51.1 Å². The van der Waals surface area contributed by atoms with Gasteiger partial charge >= 0.3 is 0 Å². The quantitative estimate of drug-likeness (QED) is 0.709. The lowest BCUT2D eigenvalue weighted by atomic mass is 9.72. The van der Waals surface area contributed by atoms with Crippen molar-refractivity contribution < 1.29 is 9.84 Å². The Hall–Kier alpha value is -1.32. The van der Waals surface area contributed by atoms with E-state index in [4.69, 9.17) is 4.74 Å². The number of ether oxygens (including phenoxy) is 1. The van der Waals surface area contributed by atoms with Gasteiger partial charge in [-0.05, 0) is 56.6 Å². The average molecular weight is 360 g/mol. The third-order valence-corrected chi connectivity index (χ3v) is 5.96.